The fourth-order valence-electron chi connectivity index (χ4n) is 1.60. The van der Waals surface area contributed by atoms with E-state index in [4.69, 9.17) is 9.66 Å². The summed E-state index contributed by atoms with van der Waals surface area (Å²) in [5.41, 5.74) is 0. The molecule has 0 aliphatic heterocycles. The molecule has 5 heteroatoms. The first kappa shape index (κ1) is 20.2. The lowest BCUT2D eigenvalue weighted by Crippen LogP contribution is -2.02. The molecule has 0 heterocycles. The maximum absolute atomic E-state index is 9.19. The van der Waals surface area contributed by atoms with E-state index >= 15 is 0 Å². The van der Waals surface area contributed by atoms with Crippen LogP contribution in [-0.4, -0.2) is 30.9 Å². The van der Waals surface area contributed by atoms with Gasteiger partial charge in [0.15, 0.2) is 0 Å². The van der Waals surface area contributed by atoms with Gasteiger partial charge >= 0.3 is 0 Å². The van der Waals surface area contributed by atoms with Crippen molar-refractivity contribution in [2.24, 2.45) is 11.8 Å². The zero-order valence-electron chi connectivity index (χ0n) is 12.2. The Kier molecular flexibility index (Phi) is 13.4. The van der Waals surface area contributed by atoms with E-state index in [1.54, 1.807) is 0 Å². The second-order valence-electron chi connectivity index (χ2n) is 5.20. The van der Waals surface area contributed by atoms with Crippen molar-refractivity contribution in [1.29, 1.82) is 0 Å². The third-order valence-corrected chi connectivity index (χ3v) is 2.76. The molecule has 0 saturated heterocycles. The molecular weight excluding hydrogens is 252 g/mol. The number of hydrogen-bond donors (Lipinski definition) is 2. The summed E-state index contributed by atoms with van der Waals surface area (Å²) in [5, 5.41) is 8.84. The molecule has 0 rings (SSSR count). The van der Waals surface area contributed by atoms with Gasteiger partial charge in [-0.25, -0.2) is 0 Å². The van der Waals surface area contributed by atoms with Crippen molar-refractivity contribution in [3.63, 3.8) is 0 Å². The molecule has 0 unspecified atom stereocenters. The van der Waals surface area contributed by atoms with E-state index in [-0.39, 0.29) is 0 Å². The third-order valence-electron chi connectivity index (χ3n) is 2.76. The van der Waals surface area contributed by atoms with Crippen LogP contribution < -0.4 is 0 Å². The van der Waals surface area contributed by atoms with Gasteiger partial charge < -0.3 is 5.11 Å². The maximum Gasteiger partial charge on any atom is 0.261 e. The Morgan fingerprint density at radius 2 is 1.39 bits per heavy atom. The molecule has 0 radical (unpaired) electrons. The molecule has 112 valence electrons. The van der Waals surface area contributed by atoms with Crippen molar-refractivity contribution in [1.82, 2.24) is 0 Å². The van der Waals surface area contributed by atoms with E-state index in [1.807, 2.05) is 0 Å². The monoisotopic (exact) mass is 282 g/mol. The Labute approximate surface area is 113 Å². The summed E-state index contributed by atoms with van der Waals surface area (Å²) in [4.78, 5) is 0. The molecule has 0 amide bonds. The number of aliphatic hydroxyl groups excluding tert-OH is 1. The zero-order chi connectivity index (χ0) is 14.6. The number of hydrogen-bond acceptors (Lipinski definition) is 3. The van der Waals surface area contributed by atoms with Crippen LogP contribution in [0.3, 0.4) is 0 Å². The number of aliphatic hydroxyl groups is 1. The average molecular weight is 282 g/mol. The lowest BCUT2D eigenvalue weighted by atomic mass is 9.95. The molecular formula is C13H30O4S. The lowest BCUT2D eigenvalue weighted by Gasteiger charge is -2.12. The van der Waals surface area contributed by atoms with E-state index in [0.29, 0.717) is 18.8 Å². The van der Waals surface area contributed by atoms with Gasteiger partial charge in [0, 0.05) is 6.61 Å². The minimum Gasteiger partial charge on any atom is -0.396 e. The topological polar surface area (TPSA) is 74.6 Å². The SMILES string of the molecule is CCCC[C@H](C)CCC[C@H](C)CO.CS(=O)(=O)O. The summed E-state index contributed by atoms with van der Waals surface area (Å²) in [6.07, 6.45) is 8.59. The molecule has 0 aliphatic rings. The third kappa shape index (κ3) is 24.9. The van der Waals surface area contributed by atoms with E-state index < -0.39 is 10.1 Å². The van der Waals surface area contributed by atoms with Gasteiger partial charge in [0.05, 0.1) is 6.26 Å². The summed E-state index contributed by atoms with van der Waals surface area (Å²) in [5.74, 6) is 1.38. The molecule has 0 bridgehead atoms. The largest absolute Gasteiger partial charge is 0.396 e. The summed E-state index contributed by atoms with van der Waals surface area (Å²) in [7, 11) is -3.67. The standard InChI is InChI=1S/C12H26O.CH4O3S/c1-4-5-7-11(2)8-6-9-12(3)10-13;1-5(2,3)4/h11-13H,4-10H2,1-3H3;1H3,(H,2,3,4)/t11-,12-;/m0./s1. The highest BCUT2D eigenvalue weighted by Crippen LogP contribution is 2.17. The minimum atomic E-state index is -3.67. The fourth-order valence-corrected chi connectivity index (χ4v) is 1.60. The Bertz CT molecular complexity index is 254. The van der Waals surface area contributed by atoms with Crippen molar-refractivity contribution in [3.8, 4) is 0 Å². The van der Waals surface area contributed by atoms with Crippen LogP contribution in [0.4, 0.5) is 0 Å². The molecule has 0 fully saturated rings. The molecule has 0 aromatic carbocycles. The van der Waals surface area contributed by atoms with Crippen molar-refractivity contribution in [3.05, 3.63) is 0 Å². The maximum atomic E-state index is 9.19. The number of unbranched alkanes of at least 4 members (excludes halogenated alkanes) is 1. The molecule has 18 heavy (non-hydrogen) atoms. The normalized spacial score (nSPS) is 14.6. The summed E-state index contributed by atoms with van der Waals surface area (Å²) < 4.78 is 25.9. The second-order valence-corrected chi connectivity index (χ2v) is 6.67. The Morgan fingerprint density at radius 3 is 1.78 bits per heavy atom. The van der Waals surface area contributed by atoms with Crippen LogP contribution >= 0.6 is 0 Å². The van der Waals surface area contributed by atoms with Gasteiger partial charge in [0.1, 0.15) is 0 Å². The van der Waals surface area contributed by atoms with Crippen LogP contribution in [0.15, 0.2) is 0 Å². The zero-order valence-corrected chi connectivity index (χ0v) is 13.0. The molecule has 0 spiro atoms. The summed E-state index contributed by atoms with van der Waals surface area (Å²) in [6.45, 7) is 7.07. The van der Waals surface area contributed by atoms with Crippen LogP contribution in [0, 0.1) is 11.8 Å². The smallest absolute Gasteiger partial charge is 0.261 e. The first-order chi connectivity index (χ1) is 8.20. The van der Waals surface area contributed by atoms with E-state index in [2.05, 4.69) is 20.8 Å². The highest BCUT2D eigenvalue weighted by Gasteiger charge is 2.03. The lowest BCUT2D eigenvalue weighted by molar-refractivity contribution is 0.225. The van der Waals surface area contributed by atoms with E-state index in [1.165, 1.54) is 38.5 Å². The first-order valence-corrected chi connectivity index (χ1v) is 8.58. The van der Waals surface area contributed by atoms with Crippen LogP contribution in [0.2, 0.25) is 0 Å². The Hall–Kier alpha value is -0.130. The van der Waals surface area contributed by atoms with Crippen LogP contribution in [0.1, 0.15) is 59.3 Å². The summed E-state index contributed by atoms with van der Waals surface area (Å²) in [6, 6.07) is 0. The molecule has 2 N–H and O–H groups in total. The van der Waals surface area contributed by atoms with Crippen molar-refractivity contribution in [2.45, 2.75) is 59.3 Å². The Balaban J connectivity index is 0. The van der Waals surface area contributed by atoms with Crippen LogP contribution in [0.5, 0.6) is 0 Å². The highest BCUT2D eigenvalue weighted by molar-refractivity contribution is 7.85. The first-order valence-electron chi connectivity index (χ1n) is 6.74. The minimum absolute atomic E-state index is 0.351. The molecule has 0 aromatic rings. The van der Waals surface area contributed by atoms with Gasteiger partial charge in [0.2, 0.25) is 0 Å². The van der Waals surface area contributed by atoms with E-state index in [9.17, 15) is 8.42 Å². The predicted octanol–water partition coefficient (Wildman–Crippen LogP) is 3.12. The van der Waals surface area contributed by atoms with Crippen molar-refractivity contribution in [2.75, 3.05) is 12.9 Å². The van der Waals surface area contributed by atoms with Gasteiger partial charge in [0.25, 0.3) is 10.1 Å². The Morgan fingerprint density at radius 1 is 1.00 bits per heavy atom. The second kappa shape index (κ2) is 11.9. The molecule has 4 nitrogen and oxygen atoms in total. The van der Waals surface area contributed by atoms with Gasteiger partial charge in [-0.2, -0.15) is 8.42 Å². The highest BCUT2D eigenvalue weighted by atomic mass is 32.2. The molecule has 0 aliphatic carbocycles. The van der Waals surface area contributed by atoms with Crippen molar-refractivity contribution >= 4 is 10.1 Å². The molecule has 2 atom stereocenters. The van der Waals surface area contributed by atoms with Gasteiger partial charge in [-0.05, 0) is 18.3 Å². The van der Waals surface area contributed by atoms with E-state index in [0.717, 1.165) is 5.92 Å². The van der Waals surface area contributed by atoms with Crippen molar-refractivity contribution < 1.29 is 18.1 Å². The van der Waals surface area contributed by atoms with Gasteiger partial charge in [-0.15, -0.1) is 0 Å². The fraction of sp³-hybridized carbons (Fsp3) is 1.00. The molecule has 0 aromatic heterocycles. The summed E-state index contributed by atoms with van der Waals surface area (Å²) >= 11 is 0. The van der Waals surface area contributed by atoms with Gasteiger partial charge in [-0.1, -0.05) is 52.9 Å². The van der Waals surface area contributed by atoms with Crippen LogP contribution in [-0.2, 0) is 10.1 Å². The van der Waals surface area contributed by atoms with Crippen LogP contribution in [0.25, 0.3) is 0 Å². The quantitative estimate of drug-likeness (QED) is 0.671. The average Bonchev–Trinajstić information content (AvgIpc) is 2.23. The number of rotatable bonds is 8. The predicted molar refractivity (Wildman–Crippen MR) is 76.3 cm³/mol. The molecule has 0 saturated carbocycles. The van der Waals surface area contributed by atoms with Gasteiger partial charge in [-0.3, -0.25) is 4.55 Å².